The van der Waals surface area contributed by atoms with Crippen molar-refractivity contribution >= 4 is 17.7 Å². The fourth-order valence-electron chi connectivity index (χ4n) is 5.26. The number of rotatable bonds is 6. The second kappa shape index (κ2) is 7.92. The van der Waals surface area contributed by atoms with Crippen molar-refractivity contribution < 1.29 is 14.3 Å². The number of ether oxygens (including phenoxy) is 1. The molecule has 2 unspecified atom stereocenters. The fourth-order valence-corrected chi connectivity index (χ4v) is 5.26. The van der Waals surface area contributed by atoms with Crippen molar-refractivity contribution in [2.75, 3.05) is 31.1 Å². The maximum Gasteiger partial charge on any atom is 0.414 e. The monoisotopic (exact) mass is 431 g/mol. The van der Waals surface area contributed by atoms with Crippen LogP contribution in [0.1, 0.15) is 18.1 Å². The Morgan fingerprint density at radius 2 is 1.88 bits per heavy atom. The third kappa shape index (κ3) is 3.49. The van der Waals surface area contributed by atoms with E-state index in [9.17, 15) is 14.9 Å². The first-order chi connectivity index (χ1) is 15.5. The number of cyclic esters (lactones) is 1. The van der Waals surface area contributed by atoms with E-state index >= 15 is 0 Å². The number of aromatic nitrogens is 1. The number of likely N-dealkylation sites (tertiary alicyclic amines) is 1. The third-order valence-electron chi connectivity index (χ3n) is 6.91. The van der Waals surface area contributed by atoms with Gasteiger partial charge in [-0.3, -0.25) is 19.6 Å². The molecule has 1 aliphatic carbocycles. The highest BCUT2D eigenvalue weighted by atomic mass is 16.6. The topological polar surface area (TPSA) is 98.6 Å². The second-order valence-corrected chi connectivity index (χ2v) is 8.84. The highest BCUT2D eigenvalue weighted by Crippen LogP contribution is 2.63. The summed E-state index contributed by atoms with van der Waals surface area (Å²) >= 11 is 0. The van der Waals surface area contributed by atoms with Crippen molar-refractivity contribution in [1.82, 2.24) is 15.2 Å². The first-order valence-corrected chi connectivity index (χ1v) is 10.9. The van der Waals surface area contributed by atoms with E-state index in [1.54, 1.807) is 4.90 Å². The highest BCUT2D eigenvalue weighted by molar-refractivity contribution is 5.89. The van der Waals surface area contributed by atoms with E-state index in [2.05, 4.69) is 21.3 Å². The Hall–Kier alpha value is -3.44. The molecule has 3 fully saturated rings. The molecular formula is C24H25N5O3. The predicted octanol–water partition coefficient (Wildman–Crippen LogP) is 2.07. The smallest absolute Gasteiger partial charge is 0.414 e. The van der Waals surface area contributed by atoms with Crippen LogP contribution in [0.25, 0.3) is 0 Å². The van der Waals surface area contributed by atoms with Crippen LogP contribution in [0, 0.1) is 23.2 Å². The van der Waals surface area contributed by atoms with Gasteiger partial charge in [-0.05, 0) is 35.4 Å². The van der Waals surface area contributed by atoms with Crippen LogP contribution in [0.2, 0.25) is 0 Å². The summed E-state index contributed by atoms with van der Waals surface area (Å²) in [5.41, 5.74) is 2.56. The third-order valence-corrected chi connectivity index (χ3v) is 6.91. The van der Waals surface area contributed by atoms with Crippen LogP contribution in [0.4, 0.5) is 10.5 Å². The minimum Gasteiger partial charge on any atom is -0.442 e. The molecule has 3 heterocycles. The van der Waals surface area contributed by atoms with Crippen LogP contribution in [0.15, 0.2) is 48.8 Å². The Labute approximate surface area is 186 Å². The lowest BCUT2D eigenvalue weighted by molar-refractivity contribution is -0.119. The molecule has 5 rings (SSSR count). The zero-order valence-corrected chi connectivity index (χ0v) is 17.9. The van der Waals surface area contributed by atoms with Crippen molar-refractivity contribution in [3.05, 3.63) is 59.9 Å². The Morgan fingerprint density at radius 1 is 1.19 bits per heavy atom. The molecule has 0 radical (unpaired) electrons. The molecule has 1 aromatic carbocycles. The van der Waals surface area contributed by atoms with E-state index in [1.807, 2.05) is 48.8 Å². The molecule has 0 bridgehead atoms. The van der Waals surface area contributed by atoms with E-state index < -0.39 is 11.5 Å². The Morgan fingerprint density at radius 3 is 2.50 bits per heavy atom. The predicted molar refractivity (Wildman–Crippen MR) is 117 cm³/mol. The first kappa shape index (κ1) is 20.5. The second-order valence-electron chi connectivity index (χ2n) is 8.84. The quantitative estimate of drug-likeness (QED) is 0.752. The Bertz CT molecular complexity index is 1050. The normalized spacial score (nSPS) is 28.7. The summed E-state index contributed by atoms with van der Waals surface area (Å²) in [7, 11) is 0. The van der Waals surface area contributed by atoms with Gasteiger partial charge >= 0.3 is 6.09 Å². The summed E-state index contributed by atoms with van der Waals surface area (Å²) in [6.45, 7) is 4.82. The van der Waals surface area contributed by atoms with Gasteiger partial charge in [-0.1, -0.05) is 12.1 Å². The van der Waals surface area contributed by atoms with Crippen molar-refractivity contribution in [3.8, 4) is 6.07 Å². The molecule has 1 N–H and O–H groups in total. The Balaban J connectivity index is 1.23. The van der Waals surface area contributed by atoms with E-state index in [1.165, 1.54) is 12.5 Å². The van der Waals surface area contributed by atoms with Crippen LogP contribution in [-0.2, 0) is 21.5 Å². The standard InChI is InChI=1S/C24H25N5O3/c1-16(30)27-10-20-12-29(23(31)32-20)19-4-2-18(3-5-19)24(15-25)21-13-28(14-22(21)24)11-17-6-8-26-9-7-17/h2-9,20-22H,10-14H2,1H3,(H,27,30)/t20-,21?,22?,24?/m0/s1. The number of piperidine rings is 1. The number of nitriles is 1. The van der Waals surface area contributed by atoms with Gasteiger partial charge in [-0.25, -0.2) is 4.79 Å². The summed E-state index contributed by atoms with van der Waals surface area (Å²) in [5.74, 6) is 0.512. The Kier molecular flexibility index (Phi) is 5.06. The van der Waals surface area contributed by atoms with Gasteiger partial charge in [0.2, 0.25) is 5.91 Å². The first-order valence-electron chi connectivity index (χ1n) is 10.9. The van der Waals surface area contributed by atoms with Crippen LogP contribution >= 0.6 is 0 Å². The number of hydrogen-bond donors (Lipinski definition) is 1. The zero-order chi connectivity index (χ0) is 22.3. The molecule has 2 aliphatic heterocycles. The molecule has 1 aromatic heterocycles. The van der Waals surface area contributed by atoms with Gasteiger partial charge in [0.1, 0.15) is 6.10 Å². The molecule has 8 heteroatoms. The summed E-state index contributed by atoms with van der Waals surface area (Å²) in [6.07, 6.45) is 2.83. The lowest BCUT2D eigenvalue weighted by atomic mass is 9.91. The molecule has 8 nitrogen and oxygen atoms in total. The van der Waals surface area contributed by atoms with Gasteiger partial charge < -0.3 is 10.1 Å². The van der Waals surface area contributed by atoms with E-state index in [4.69, 9.17) is 4.74 Å². The van der Waals surface area contributed by atoms with Crippen molar-refractivity contribution in [2.24, 2.45) is 11.8 Å². The molecule has 0 spiro atoms. The number of hydrogen-bond acceptors (Lipinski definition) is 6. The molecule has 32 heavy (non-hydrogen) atoms. The number of carbonyl (C=O) groups excluding carboxylic acids is 2. The number of anilines is 1. The van der Waals surface area contributed by atoms with Crippen LogP contribution in [0.3, 0.4) is 0 Å². The molecule has 2 amide bonds. The molecular weight excluding hydrogens is 406 g/mol. The van der Waals surface area contributed by atoms with Gasteiger partial charge in [-0.2, -0.15) is 5.26 Å². The lowest BCUT2D eigenvalue weighted by Gasteiger charge is -2.23. The largest absolute Gasteiger partial charge is 0.442 e. The van der Waals surface area contributed by atoms with Crippen LogP contribution in [-0.4, -0.2) is 54.2 Å². The highest BCUT2D eigenvalue weighted by Gasteiger charge is 2.69. The number of nitrogens with zero attached hydrogens (tertiary/aromatic N) is 4. The average Bonchev–Trinajstić information content (AvgIpc) is 3.06. The van der Waals surface area contributed by atoms with Gasteiger partial charge in [0.25, 0.3) is 0 Å². The summed E-state index contributed by atoms with van der Waals surface area (Å²) in [4.78, 5) is 31.4. The zero-order valence-electron chi connectivity index (χ0n) is 17.9. The number of amides is 2. The van der Waals surface area contributed by atoms with Crippen molar-refractivity contribution in [3.63, 3.8) is 0 Å². The van der Waals surface area contributed by atoms with Gasteiger partial charge in [0.05, 0.1) is 24.6 Å². The van der Waals surface area contributed by atoms with Crippen molar-refractivity contribution in [2.45, 2.75) is 25.0 Å². The lowest BCUT2D eigenvalue weighted by Crippen LogP contribution is -2.33. The van der Waals surface area contributed by atoms with E-state index in [0.717, 1.165) is 30.9 Å². The van der Waals surface area contributed by atoms with Gasteiger partial charge in [0.15, 0.2) is 0 Å². The number of benzene rings is 1. The molecule has 2 aromatic rings. The van der Waals surface area contributed by atoms with E-state index in [-0.39, 0.29) is 12.0 Å². The van der Waals surface area contributed by atoms with Gasteiger partial charge in [-0.15, -0.1) is 0 Å². The number of fused-ring (bicyclic) bond motifs is 1. The molecule has 1 saturated carbocycles. The molecule has 164 valence electrons. The van der Waals surface area contributed by atoms with Crippen LogP contribution in [0.5, 0.6) is 0 Å². The SMILES string of the molecule is CC(=O)NC[C@H]1CN(c2ccc(C3(C#N)C4CN(Cc5ccncc5)CC43)cc2)C(=O)O1. The van der Waals surface area contributed by atoms with Crippen LogP contribution < -0.4 is 10.2 Å². The number of pyridine rings is 1. The summed E-state index contributed by atoms with van der Waals surface area (Å²) in [6, 6.07) is 14.4. The summed E-state index contributed by atoms with van der Waals surface area (Å²) < 4.78 is 5.34. The summed E-state index contributed by atoms with van der Waals surface area (Å²) in [5, 5.41) is 12.7. The number of nitrogens with one attached hydrogen (secondary N) is 1. The minimum absolute atomic E-state index is 0.153. The molecule has 3 atom stereocenters. The molecule has 2 saturated heterocycles. The average molecular weight is 431 g/mol. The maximum atomic E-state index is 12.3. The van der Waals surface area contributed by atoms with E-state index in [0.29, 0.717) is 24.9 Å². The maximum absolute atomic E-state index is 12.3. The fraction of sp³-hybridized carbons (Fsp3) is 0.417. The minimum atomic E-state index is -0.438. The molecule has 3 aliphatic rings. The van der Waals surface area contributed by atoms with Gasteiger partial charge in [0, 0.05) is 56.5 Å². The van der Waals surface area contributed by atoms with Crippen molar-refractivity contribution in [1.29, 1.82) is 5.26 Å². The number of carbonyl (C=O) groups is 2.